The first kappa shape index (κ1) is 21.7. The zero-order valence-electron chi connectivity index (χ0n) is 18.1. The molecule has 0 aliphatic carbocycles. The minimum absolute atomic E-state index is 0.00824. The minimum atomic E-state index is -0.828. The maximum atomic E-state index is 13.6. The van der Waals surface area contributed by atoms with E-state index in [0.717, 1.165) is 5.56 Å². The Bertz CT molecular complexity index is 1440. The van der Waals surface area contributed by atoms with Gasteiger partial charge in [0.15, 0.2) is 11.5 Å². The van der Waals surface area contributed by atoms with Gasteiger partial charge in [-0.2, -0.15) is 0 Å². The fourth-order valence-corrected chi connectivity index (χ4v) is 4.35. The number of fused-ring (bicyclic) bond motifs is 1. The quantitative estimate of drug-likeness (QED) is 0.383. The number of aliphatic hydroxyl groups is 1. The Morgan fingerprint density at radius 2 is 1.94 bits per heavy atom. The topological polar surface area (TPSA) is 92.9 Å². The zero-order valence-corrected chi connectivity index (χ0v) is 18.8. The lowest BCUT2D eigenvalue weighted by molar-refractivity contribution is -0.130. The van der Waals surface area contributed by atoms with Crippen molar-refractivity contribution < 1.29 is 23.8 Å². The van der Waals surface area contributed by atoms with E-state index < -0.39 is 23.5 Å². The number of furan rings is 1. The summed E-state index contributed by atoms with van der Waals surface area (Å²) in [7, 11) is 1.56. The highest BCUT2D eigenvalue weighted by Gasteiger charge is 2.44. The molecule has 0 saturated heterocycles. The molecular weight excluding hydrogens is 456 g/mol. The van der Waals surface area contributed by atoms with E-state index in [4.69, 9.17) is 20.8 Å². The van der Waals surface area contributed by atoms with Crippen molar-refractivity contribution in [2.24, 2.45) is 0 Å². The number of amides is 1. The number of benzene rings is 2. The lowest BCUT2D eigenvalue weighted by Gasteiger charge is -2.26. The molecule has 1 aliphatic rings. The highest BCUT2D eigenvalue weighted by Crippen LogP contribution is 2.40. The van der Waals surface area contributed by atoms with Gasteiger partial charge in [-0.25, -0.2) is 0 Å². The third-order valence-corrected chi connectivity index (χ3v) is 5.99. The molecule has 0 fully saturated rings. The molecule has 2 aromatic heterocycles. The van der Waals surface area contributed by atoms with Gasteiger partial charge in [-0.3, -0.25) is 14.6 Å². The van der Waals surface area contributed by atoms with Crippen molar-refractivity contribution in [3.8, 4) is 5.75 Å². The van der Waals surface area contributed by atoms with Gasteiger partial charge in [-0.05, 0) is 59.7 Å². The first-order valence-corrected chi connectivity index (χ1v) is 10.8. The second-order valence-corrected chi connectivity index (χ2v) is 8.29. The molecule has 1 N–H and O–H groups in total. The fraction of sp³-hybridized carbons (Fsp3) is 0.115. The van der Waals surface area contributed by atoms with E-state index in [2.05, 4.69) is 4.98 Å². The number of carbonyl (C=O) groups excluding carboxylic acids is 2. The largest absolute Gasteiger partial charge is 0.503 e. The summed E-state index contributed by atoms with van der Waals surface area (Å²) in [4.78, 5) is 32.3. The van der Waals surface area contributed by atoms with Crippen molar-refractivity contribution in [1.29, 1.82) is 0 Å². The molecular formula is C26H19ClN2O5. The highest BCUT2D eigenvalue weighted by molar-refractivity contribution is 6.31. The van der Waals surface area contributed by atoms with Gasteiger partial charge in [0.2, 0.25) is 5.78 Å². The van der Waals surface area contributed by atoms with Gasteiger partial charge >= 0.3 is 0 Å². The van der Waals surface area contributed by atoms with Gasteiger partial charge in [-0.1, -0.05) is 23.7 Å². The second-order valence-electron chi connectivity index (χ2n) is 7.85. The lowest BCUT2D eigenvalue weighted by Crippen LogP contribution is -2.30. The molecule has 7 nitrogen and oxygen atoms in total. The van der Waals surface area contributed by atoms with Crippen molar-refractivity contribution >= 4 is 34.3 Å². The first-order valence-electron chi connectivity index (χ1n) is 10.5. The number of halogens is 1. The number of carbonyl (C=O) groups is 2. The Labute approximate surface area is 199 Å². The zero-order chi connectivity index (χ0) is 23.8. The molecule has 1 unspecified atom stereocenters. The number of hydrogen-bond donors (Lipinski definition) is 1. The van der Waals surface area contributed by atoms with E-state index in [1.165, 1.54) is 4.90 Å². The van der Waals surface area contributed by atoms with Crippen LogP contribution in [0.3, 0.4) is 0 Å². The minimum Gasteiger partial charge on any atom is -0.503 e. The monoisotopic (exact) mass is 474 g/mol. The summed E-state index contributed by atoms with van der Waals surface area (Å²) < 4.78 is 11.0. The predicted molar refractivity (Wildman–Crippen MR) is 126 cm³/mol. The van der Waals surface area contributed by atoms with Crippen LogP contribution < -0.4 is 4.74 Å². The maximum absolute atomic E-state index is 13.6. The van der Waals surface area contributed by atoms with E-state index in [9.17, 15) is 14.7 Å². The normalized spacial score (nSPS) is 15.9. The number of hydrogen-bond acceptors (Lipinski definition) is 6. The van der Waals surface area contributed by atoms with E-state index in [1.807, 2.05) is 12.1 Å². The summed E-state index contributed by atoms with van der Waals surface area (Å²) in [6.45, 7) is 0.152. The second kappa shape index (κ2) is 8.68. The summed E-state index contributed by atoms with van der Waals surface area (Å²) in [5, 5.41) is 12.0. The summed E-state index contributed by atoms with van der Waals surface area (Å²) in [5.41, 5.74) is 1.85. The van der Waals surface area contributed by atoms with Crippen LogP contribution in [-0.4, -0.2) is 33.8 Å². The van der Waals surface area contributed by atoms with Crippen LogP contribution in [0.2, 0.25) is 5.02 Å². The number of rotatable bonds is 6. The number of aliphatic hydroxyl groups excluding tert-OH is 1. The molecule has 0 radical (unpaired) electrons. The van der Waals surface area contributed by atoms with Crippen molar-refractivity contribution in [2.45, 2.75) is 12.6 Å². The van der Waals surface area contributed by atoms with Gasteiger partial charge in [0, 0.05) is 29.3 Å². The van der Waals surface area contributed by atoms with Crippen LogP contribution in [0.15, 0.2) is 88.8 Å². The molecule has 0 bridgehead atoms. The number of Topliss-reactive ketones (excluding diaryl/α,β-unsaturated/α-hetero) is 1. The number of aromatic nitrogens is 1. The lowest BCUT2D eigenvalue weighted by atomic mass is 9.95. The van der Waals surface area contributed by atoms with Crippen molar-refractivity contribution in [1.82, 2.24) is 9.88 Å². The van der Waals surface area contributed by atoms with Crippen molar-refractivity contribution in [3.63, 3.8) is 0 Å². The average Bonchev–Trinajstić information content (AvgIpc) is 3.38. The molecule has 1 amide bonds. The van der Waals surface area contributed by atoms with E-state index in [0.29, 0.717) is 27.3 Å². The standard InChI is InChI=1S/C26H19ClN2O5/c1-33-19-4-2-3-15(11-19)14-29-23(16-7-9-28-10-8-16)22(25(31)26(29)32)24(30)21-13-17-12-18(27)5-6-20(17)34-21/h2-13,23,31H,14H2,1H3. The summed E-state index contributed by atoms with van der Waals surface area (Å²) in [6, 6.07) is 16.4. The molecule has 8 heteroatoms. The molecule has 2 aromatic carbocycles. The van der Waals surface area contributed by atoms with E-state index >= 15 is 0 Å². The third-order valence-electron chi connectivity index (χ3n) is 5.76. The molecule has 4 aromatic rings. The molecule has 3 heterocycles. The molecule has 34 heavy (non-hydrogen) atoms. The molecule has 0 saturated carbocycles. The number of methoxy groups -OCH3 is 1. The fourth-order valence-electron chi connectivity index (χ4n) is 4.17. The van der Waals surface area contributed by atoms with Crippen molar-refractivity contribution in [3.05, 3.63) is 106 Å². The molecule has 170 valence electrons. The number of pyridine rings is 1. The molecule has 0 spiro atoms. The molecule has 5 rings (SSSR count). The number of nitrogens with zero attached hydrogens (tertiary/aromatic N) is 2. The molecule has 1 atom stereocenters. The van der Waals surface area contributed by atoms with Gasteiger partial charge < -0.3 is 19.2 Å². The number of ketones is 1. The van der Waals surface area contributed by atoms with Crippen LogP contribution in [0.25, 0.3) is 11.0 Å². The Hall–Kier alpha value is -4.10. The van der Waals surface area contributed by atoms with Crippen LogP contribution in [-0.2, 0) is 11.3 Å². The smallest absolute Gasteiger partial charge is 0.290 e. The average molecular weight is 475 g/mol. The van der Waals surface area contributed by atoms with Crippen LogP contribution in [0.5, 0.6) is 5.75 Å². The van der Waals surface area contributed by atoms with Crippen LogP contribution in [0.4, 0.5) is 0 Å². The Morgan fingerprint density at radius 3 is 2.71 bits per heavy atom. The summed E-state index contributed by atoms with van der Waals surface area (Å²) in [6.07, 6.45) is 3.15. The maximum Gasteiger partial charge on any atom is 0.290 e. The highest BCUT2D eigenvalue weighted by atomic mass is 35.5. The summed E-state index contributed by atoms with van der Waals surface area (Å²) in [5.74, 6) is -1.18. The van der Waals surface area contributed by atoms with Gasteiger partial charge in [0.1, 0.15) is 11.3 Å². The van der Waals surface area contributed by atoms with E-state index in [-0.39, 0.29) is 17.9 Å². The Balaban J connectivity index is 1.58. The van der Waals surface area contributed by atoms with Crippen molar-refractivity contribution in [2.75, 3.05) is 7.11 Å². The first-order chi connectivity index (χ1) is 16.5. The van der Waals surface area contributed by atoms with Crippen LogP contribution in [0, 0.1) is 0 Å². The Kier molecular flexibility index (Phi) is 5.55. The summed E-state index contributed by atoms with van der Waals surface area (Å²) >= 11 is 6.06. The van der Waals surface area contributed by atoms with Gasteiger partial charge in [0.05, 0.1) is 18.7 Å². The SMILES string of the molecule is COc1cccc(CN2C(=O)C(O)=C(C(=O)c3cc4cc(Cl)ccc4o3)C2c2ccncc2)c1. The van der Waals surface area contributed by atoms with Crippen LogP contribution >= 0.6 is 11.6 Å². The number of ether oxygens (including phenoxy) is 1. The molecule has 1 aliphatic heterocycles. The third kappa shape index (κ3) is 3.80. The van der Waals surface area contributed by atoms with Gasteiger partial charge in [0.25, 0.3) is 5.91 Å². The van der Waals surface area contributed by atoms with E-state index in [1.54, 1.807) is 68.0 Å². The predicted octanol–water partition coefficient (Wildman–Crippen LogP) is 5.27. The van der Waals surface area contributed by atoms with Gasteiger partial charge in [-0.15, -0.1) is 0 Å². The Morgan fingerprint density at radius 1 is 1.15 bits per heavy atom. The van der Waals surface area contributed by atoms with Crippen LogP contribution in [0.1, 0.15) is 27.7 Å².